The number of amides is 2. The average Bonchev–Trinajstić information content (AvgIpc) is 2.71. The molecule has 0 radical (unpaired) electrons. The number of likely N-dealkylation sites (tertiary alicyclic amines) is 1. The SMILES string of the molecule is COCC1CCN(C(=O)CC2C(=O)NCCN2Cc2ccccc2OC)CC1. The lowest BCUT2D eigenvalue weighted by Gasteiger charge is -2.37. The zero-order valence-electron chi connectivity index (χ0n) is 16.9. The molecule has 0 aliphatic carbocycles. The molecule has 0 spiro atoms. The highest BCUT2D eigenvalue weighted by Crippen LogP contribution is 2.23. The molecule has 0 saturated carbocycles. The fourth-order valence-corrected chi connectivity index (χ4v) is 4.10. The van der Waals surface area contributed by atoms with Gasteiger partial charge in [-0.1, -0.05) is 18.2 Å². The molecule has 154 valence electrons. The van der Waals surface area contributed by atoms with E-state index in [1.807, 2.05) is 29.2 Å². The van der Waals surface area contributed by atoms with E-state index in [0.717, 1.165) is 50.4 Å². The van der Waals surface area contributed by atoms with Crippen LogP contribution >= 0.6 is 0 Å². The van der Waals surface area contributed by atoms with E-state index in [2.05, 4.69) is 10.2 Å². The Balaban J connectivity index is 1.63. The first kappa shape index (κ1) is 20.6. The van der Waals surface area contributed by atoms with Crippen LogP contribution in [0.25, 0.3) is 0 Å². The number of hydrogen-bond donors (Lipinski definition) is 1. The van der Waals surface area contributed by atoms with Crippen molar-refractivity contribution in [2.45, 2.75) is 31.8 Å². The zero-order chi connectivity index (χ0) is 19.9. The molecule has 2 saturated heterocycles. The topological polar surface area (TPSA) is 71.1 Å². The minimum absolute atomic E-state index is 0.0583. The van der Waals surface area contributed by atoms with Crippen LogP contribution < -0.4 is 10.1 Å². The van der Waals surface area contributed by atoms with Crippen molar-refractivity contribution < 1.29 is 19.1 Å². The molecule has 1 atom stereocenters. The summed E-state index contributed by atoms with van der Waals surface area (Å²) >= 11 is 0. The van der Waals surface area contributed by atoms with Crippen molar-refractivity contribution in [2.24, 2.45) is 5.92 Å². The normalized spacial score (nSPS) is 21.4. The molecule has 2 amide bonds. The number of nitrogens with one attached hydrogen (secondary N) is 1. The van der Waals surface area contributed by atoms with Crippen molar-refractivity contribution in [3.8, 4) is 5.75 Å². The minimum atomic E-state index is -0.442. The number of hydrogen-bond acceptors (Lipinski definition) is 5. The van der Waals surface area contributed by atoms with E-state index in [-0.39, 0.29) is 18.2 Å². The van der Waals surface area contributed by atoms with Crippen LogP contribution in [0.4, 0.5) is 0 Å². The number of carbonyl (C=O) groups is 2. The molecule has 2 heterocycles. The van der Waals surface area contributed by atoms with Crippen molar-refractivity contribution in [3.63, 3.8) is 0 Å². The second-order valence-corrected chi connectivity index (χ2v) is 7.57. The predicted octanol–water partition coefficient (Wildman–Crippen LogP) is 1.27. The summed E-state index contributed by atoms with van der Waals surface area (Å²) in [5.41, 5.74) is 1.03. The van der Waals surface area contributed by atoms with Gasteiger partial charge in [0.25, 0.3) is 0 Å². The molecule has 3 rings (SSSR count). The van der Waals surface area contributed by atoms with Gasteiger partial charge >= 0.3 is 0 Å². The van der Waals surface area contributed by atoms with E-state index in [1.54, 1.807) is 14.2 Å². The molecule has 28 heavy (non-hydrogen) atoms. The molecule has 1 aromatic carbocycles. The van der Waals surface area contributed by atoms with Crippen LogP contribution in [0.1, 0.15) is 24.8 Å². The van der Waals surface area contributed by atoms with Gasteiger partial charge < -0.3 is 19.7 Å². The molecule has 2 aliphatic rings. The third kappa shape index (κ3) is 5.02. The van der Waals surface area contributed by atoms with Gasteiger partial charge in [0.1, 0.15) is 5.75 Å². The quantitative estimate of drug-likeness (QED) is 0.761. The van der Waals surface area contributed by atoms with Crippen LogP contribution in [-0.4, -0.2) is 74.7 Å². The number of rotatable bonds is 7. The molecule has 1 N–H and O–H groups in total. The largest absolute Gasteiger partial charge is 0.496 e. The van der Waals surface area contributed by atoms with Gasteiger partial charge in [-0.15, -0.1) is 0 Å². The number of piperidine rings is 1. The lowest BCUT2D eigenvalue weighted by Crippen LogP contribution is -2.56. The fourth-order valence-electron chi connectivity index (χ4n) is 4.10. The minimum Gasteiger partial charge on any atom is -0.496 e. The number of benzene rings is 1. The highest BCUT2D eigenvalue weighted by Gasteiger charge is 2.34. The second kappa shape index (κ2) is 9.89. The number of methoxy groups -OCH3 is 2. The Morgan fingerprint density at radius 1 is 1.18 bits per heavy atom. The van der Waals surface area contributed by atoms with Crippen LogP contribution in [0.2, 0.25) is 0 Å². The lowest BCUT2D eigenvalue weighted by atomic mass is 9.97. The molecule has 1 unspecified atom stereocenters. The molecule has 0 aromatic heterocycles. The maximum atomic E-state index is 12.9. The first-order valence-electron chi connectivity index (χ1n) is 10.0. The van der Waals surface area contributed by atoms with E-state index < -0.39 is 6.04 Å². The van der Waals surface area contributed by atoms with Crippen LogP contribution in [0.5, 0.6) is 5.75 Å². The molecule has 2 fully saturated rings. The van der Waals surface area contributed by atoms with Gasteiger partial charge in [0, 0.05) is 52.0 Å². The van der Waals surface area contributed by atoms with E-state index >= 15 is 0 Å². The Morgan fingerprint density at radius 3 is 2.64 bits per heavy atom. The van der Waals surface area contributed by atoms with Crippen LogP contribution in [0.15, 0.2) is 24.3 Å². The molecule has 0 bridgehead atoms. The van der Waals surface area contributed by atoms with Crippen molar-refractivity contribution in [2.75, 3.05) is 47.0 Å². The van der Waals surface area contributed by atoms with Gasteiger partial charge in [-0.05, 0) is 24.8 Å². The number of carbonyl (C=O) groups excluding carboxylic acids is 2. The van der Waals surface area contributed by atoms with E-state index in [4.69, 9.17) is 9.47 Å². The summed E-state index contributed by atoms with van der Waals surface area (Å²) in [6.45, 7) is 4.14. The van der Waals surface area contributed by atoms with E-state index in [1.165, 1.54) is 0 Å². The highest BCUT2D eigenvalue weighted by molar-refractivity contribution is 5.88. The van der Waals surface area contributed by atoms with Crippen molar-refractivity contribution in [3.05, 3.63) is 29.8 Å². The number of nitrogens with zero attached hydrogens (tertiary/aromatic N) is 2. The summed E-state index contributed by atoms with van der Waals surface area (Å²) in [7, 11) is 3.37. The summed E-state index contributed by atoms with van der Waals surface area (Å²) in [4.78, 5) is 29.4. The van der Waals surface area contributed by atoms with Gasteiger partial charge in [-0.2, -0.15) is 0 Å². The summed E-state index contributed by atoms with van der Waals surface area (Å²) in [5, 5.41) is 2.91. The maximum Gasteiger partial charge on any atom is 0.237 e. The van der Waals surface area contributed by atoms with Crippen LogP contribution in [-0.2, 0) is 20.9 Å². The third-order valence-corrected chi connectivity index (χ3v) is 5.75. The Hall–Kier alpha value is -2.12. The molecular weight excluding hydrogens is 358 g/mol. The summed E-state index contributed by atoms with van der Waals surface area (Å²) < 4.78 is 10.7. The lowest BCUT2D eigenvalue weighted by molar-refractivity contribution is -0.140. The first-order chi connectivity index (χ1) is 13.6. The van der Waals surface area contributed by atoms with Gasteiger partial charge in [0.05, 0.1) is 19.6 Å². The van der Waals surface area contributed by atoms with Crippen LogP contribution in [0, 0.1) is 5.92 Å². The second-order valence-electron chi connectivity index (χ2n) is 7.57. The van der Waals surface area contributed by atoms with Crippen molar-refractivity contribution in [1.29, 1.82) is 0 Å². The molecule has 7 nitrogen and oxygen atoms in total. The van der Waals surface area contributed by atoms with E-state index in [0.29, 0.717) is 19.0 Å². The monoisotopic (exact) mass is 389 g/mol. The number of piperazine rings is 1. The van der Waals surface area contributed by atoms with Crippen molar-refractivity contribution in [1.82, 2.24) is 15.1 Å². The Morgan fingerprint density at radius 2 is 1.93 bits per heavy atom. The van der Waals surface area contributed by atoms with Gasteiger partial charge in [0.2, 0.25) is 11.8 Å². The third-order valence-electron chi connectivity index (χ3n) is 5.75. The Bertz CT molecular complexity index is 673. The molecule has 2 aliphatic heterocycles. The fraction of sp³-hybridized carbons (Fsp3) is 0.619. The first-order valence-corrected chi connectivity index (χ1v) is 10.0. The van der Waals surface area contributed by atoms with Gasteiger partial charge in [-0.25, -0.2) is 0 Å². The molecular formula is C21H31N3O4. The summed E-state index contributed by atoms with van der Waals surface area (Å²) in [6, 6.07) is 7.38. The zero-order valence-corrected chi connectivity index (χ0v) is 16.9. The highest BCUT2D eigenvalue weighted by atomic mass is 16.5. The summed E-state index contributed by atoms with van der Waals surface area (Å²) in [5.74, 6) is 1.32. The summed E-state index contributed by atoms with van der Waals surface area (Å²) in [6.07, 6.45) is 2.14. The average molecular weight is 389 g/mol. The molecule has 1 aromatic rings. The molecule has 7 heteroatoms. The number of ether oxygens (including phenoxy) is 2. The Kier molecular flexibility index (Phi) is 7.28. The van der Waals surface area contributed by atoms with Gasteiger partial charge in [-0.3, -0.25) is 14.5 Å². The van der Waals surface area contributed by atoms with E-state index in [9.17, 15) is 9.59 Å². The van der Waals surface area contributed by atoms with Crippen LogP contribution in [0.3, 0.4) is 0 Å². The Labute approximate surface area is 167 Å². The number of para-hydroxylation sites is 1. The van der Waals surface area contributed by atoms with Crippen molar-refractivity contribution >= 4 is 11.8 Å². The van der Waals surface area contributed by atoms with Gasteiger partial charge in [0.15, 0.2) is 0 Å². The maximum absolute atomic E-state index is 12.9. The standard InChI is InChI=1S/C21H31N3O4/c1-27-15-16-7-10-23(11-8-16)20(25)13-18-21(26)22-9-12-24(18)14-17-5-3-4-6-19(17)28-2/h3-6,16,18H,7-15H2,1-2H3,(H,22,26). The smallest absolute Gasteiger partial charge is 0.237 e. The predicted molar refractivity (Wildman–Crippen MR) is 106 cm³/mol.